The van der Waals surface area contributed by atoms with E-state index in [0.717, 1.165) is 5.56 Å². The molecule has 30 heavy (non-hydrogen) atoms. The van der Waals surface area contributed by atoms with E-state index in [2.05, 4.69) is 25.4 Å². The first kappa shape index (κ1) is 17.9. The Hall–Kier alpha value is -4.21. The molecule has 5 rings (SSSR count). The van der Waals surface area contributed by atoms with Crippen molar-refractivity contribution in [2.24, 2.45) is 0 Å². The van der Waals surface area contributed by atoms with Gasteiger partial charge in [0.1, 0.15) is 11.5 Å². The molecule has 0 aliphatic rings. The SMILES string of the molecule is COC(=O)Cc1nn(-c2cccc(F)c2)c2c1nnc1nc(-c3ccccc3)nn12. The first-order valence-corrected chi connectivity index (χ1v) is 9.03. The second kappa shape index (κ2) is 6.99. The Morgan fingerprint density at radius 1 is 1.07 bits per heavy atom. The fraction of sp³-hybridized carbons (Fsp3) is 0.100. The van der Waals surface area contributed by atoms with Crippen LogP contribution in [0.5, 0.6) is 0 Å². The van der Waals surface area contributed by atoms with Gasteiger partial charge in [-0.3, -0.25) is 4.79 Å². The van der Waals surface area contributed by atoms with Crippen LogP contribution in [0.25, 0.3) is 34.0 Å². The molecule has 0 N–H and O–H groups in total. The van der Waals surface area contributed by atoms with Gasteiger partial charge in [-0.2, -0.15) is 14.6 Å². The third-order valence-corrected chi connectivity index (χ3v) is 4.56. The molecule has 3 heterocycles. The second-order valence-corrected chi connectivity index (χ2v) is 6.48. The molecule has 148 valence electrons. The second-order valence-electron chi connectivity index (χ2n) is 6.48. The highest BCUT2D eigenvalue weighted by molar-refractivity contribution is 5.82. The molecule has 0 saturated heterocycles. The van der Waals surface area contributed by atoms with Gasteiger partial charge in [-0.15, -0.1) is 15.3 Å². The van der Waals surface area contributed by atoms with E-state index >= 15 is 0 Å². The number of esters is 1. The van der Waals surface area contributed by atoms with E-state index in [1.165, 1.54) is 28.4 Å². The van der Waals surface area contributed by atoms with Gasteiger partial charge in [0.2, 0.25) is 0 Å². The van der Waals surface area contributed by atoms with E-state index in [-0.39, 0.29) is 12.2 Å². The molecule has 0 aliphatic carbocycles. The van der Waals surface area contributed by atoms with Gasteiger partial charge in [0.15, 0.2) is 17.0 Å². The lowest BCUT2D eigenvalue weighted by atomic mass is 10.2. The van der Waals surface area contributed by atoms with Crippen molar-refractivity contribution in [1.29, 1.82) is 0 Å². The van der Waals surface area contributed by atoms with Gasteiger partial charge in [-0.05, 0) is 18.2 Å². The van der Waals surface area contributed by atoms with E-state index in [1.54, 1.807) is 12.1 Å². The molecule has 0 amide bonds. The molecule has 9 nitrogen and oxygen atoms in total. The van der Waals surface area contributed by atoms with Crippen LogP contribution in [0.3, 0.4) is 0 Å². The molecular weight excluding hydrogens is 389 g/mol. The number of ether oxygens (including phenoxy) is 1. The number of methoxy groups -OCH3 is 1. The van der Waals surface area contributed by atoms with Crippen LogP contribution in [-0.4, -0.2) is 47.7 Å². The fourth-order valence-corrected chi connectivity index (χ4v) is 3.17. The first-order chi connectivity index (χ1) is 14.6. The summed E-state index contributed by atoms with van der Waals surface area (Å²) in [5.74, 6) is -0.193. The van der Waals surface area contributed by atoms with Crippen molar-refractivity contribution in [3.63, 3.8) is 0 Å². The van der Waals surface area contributed by atoms with E-state index in [9.17, 15) is 9.18 Å². The first-order valence-electron chi connectivity index (χ1n) is 9.03. The summed E-state index contributed by atoms with van der Waals surface area (Å²) in [4.78, 5) is 16.3. The third kappa shape index (κ3) is 2.94. The average Bonchev–Trinajstić information content (AvgIpc) is 3.36. The third-order valence-electron chi connectivity index (χ3n) is 4.56. The molecule has 0 bridgehead atoms. The number of fused-ring (bicyclic) bond motifs is 3. The highest BCUT2D eigenvalue weighted by Crippen LogP contribution is 2.23. The van der Waals surface area contributed by atoms with Crippen molar-refractivity contribution in [3.8, 4) is 17.1 Å². The number of hydrogen-bond acceptors (Lipinski definition) is 7. The molecule has 0 saturated carbocycles. The zero-order chi connectivity index (χ0) is 20.7. The number of halogens is 1. The Labute approximate surface area is 168 Å². The van der Waals surface area contributed by atoms with Crippen LogP contribution in [0.2, 0.25) is 0 Å². The van der Waals surface area contributed by atoms with Gasteiger partial charge in [-0.1, -0.05) is 36.4 Å². The minimum Gasteiger partial charge on any atom is -0.469 e. The van der Waals surface area contributed by atoms with Crippen molar-refractivity contribution in [1.82, 2.24) is 34.6 Å². The standard InChI is InChI=1S/C20H14FN7O2/c1-30-16(29)11-15-17-19(27(25-15)14-9-5-8-13(21)10-14)28-20(24-23-17)22-18(26-28)12-6-3-2-4-7-12/h2-10H,11H2,1H3. The summed E-state index contributed by atoms with van der Waals surface area (Å²) in [6, 6.07) is 15.4. The topological polar surface area (TPSA) is 100 Å². The monoisotopic (exact) mass is 403 g/mol. The van der Waals surface area contributed by atoms with E-state index in [1.807, 2.05) is 30.3 Å². The molecule has 0 aliphatic heterocycles. The number of nitrogens with zero attached hydrogens (tertiary/aromatic N) is 7. The van der Waals surface area contributed by atoms with Crippen LogP contribution in [0.4, 0.5) is 4.39 Å². The number of hydrogen-bond donors (Lipinski definition) is 0. The smallest absolute Gasteiger partial charge is 0.311 e. The Kier molecular flexibility index (Phi) is 4.16. The molecule has 2 aromatic carbocycles. The summed E-state index contributed by atoms with van der Waals surface area (Å²) >= 11 is 0. The summed E-state index contributed by atoms with van der Waals surface area (Å²) in [6.45, 7) is 0. The van der Waals surface area contributed by atoms with Crippen LogP contribution in [0.15, 0.2) is 54.6 Å². The van der Waals surface area contributed by atoms with Crippen molar-refractivity contribution >= 4 is 22.9 Å². The molecule has 0 atom stereocenters. The number of carbonyl (C=O) groups excluding carboxylic acids is 1. The minimum atomic E-state index is -0.480. The quantitative estimate of drug-likeness (QED) is 0.425. The maximum Gasteiger partial charge on any atom is 0.311 e. The number of aromatic nitrogens is 7. The highest BCUT2D eigenvalue weighted by atomic mass is 19.1. The Morgan fingerprint density at radius 3 is 2.67 bits per heavy atom. The molecular formula is C20H14FN7O2. The van der Waals surface area contributed by atoms with Gasteiger partial charge in [0.05, 0.1) is 19.2 Å². The number of carbonyl (C=O) groups is 1. The van der Waals surface area contributed by atoms with Crippen molar-refractivity contribution in [2.45, 2.75) is 6.42 Å². The van der Waals surface area contributed by atoms with Gasteiger partial charge in [-0.25, -0.2) is 9.07 Å². The molecule has 10 heteroatoms. The maximum atomic E-state index is 13.9. The highest BCUT2D eigenvalue weighted by Gasteiger charge is 2.22. The summed E-state index contributed by atoms with van der Waals surface area (Å²) in [5, 5.41) is 17.4. The van der Waals surface area contributed by atoms with Crippen LogP contribution in [0, 0.1) is 5.82 Å². The summed E-state index contributed by atoms with van der Waals surface area (Å²) in [5.41, 5.74) is 2.36. The average molecular weight is 403 g/mol. The number of rotatable bonds is 4. The molecule has 0 unspecified atom stereocenters. The van der Waals surface area contributed by atoms with Crippen molar-refractivity contribution < 1.29 is 13.9 Å². The normalized spacial score (nSPS) is 11.3. The summed E-state index contributed by atoms with van der Waals surface area (Å²) in [6.07, 6.45) is -0.115. The largest absolute Gasteiger partial charge is 0.469 e. The van der Waals surface area contributed by atoms with Gasteiger partial charge in [0.25, 0.3) is 5.78 Å². The van der Waals surface area contributed by atoms with Gasteiger partial charge >= 0.3 is 5.97 Å². The van der Waals surface area contributed by atoms with Crippen molar-refractivity contribution in [3.05, 3.63) is 66.1 Å². The van der Waals surface area contributed by atoms with E-state index < -0.39 is 11.8 Å². The lowest BCUT2D eigenvalue weighted by Gasteiger charge is -2.03. The Morgan fingerprint density at radius 2 is 1.90 bits per heavy atom. The predicted octanol–water partition coefficient (Wildman–Crippen LogP) is 2.38. The zero-order valence-electron chi connectivity index (χ0n) is 15.7. The zero-order valence-corrected chi connectivity index (χ0v) is 15.7. The molecule has 5 aromatic rings. The van der Waals surface area contributed by atoms with Crippen molar-refractivity contribution in [2.75, 3.05) is 7.11 Å². The van der Waals surface area contributed by atoms with Crippen LogP contribution in [-0.2, 0) is 16.0 Å². The Bertz CT molecular complexity index is 1390. The predicted molar refractivity (Wildman–Crippen MR) is 104 cm³/mol. The molecule has 0 fully saturated rings. The maximum absolute atomic E-state index is 13.9. The van der Waals surface area contributed by atoms with Gasteiger partial charge < -0.3 is 4.74 Å². The molecule has 3 aromatic heterocycles. The number of benzene rings is 2. The fourth-order valence-electron chi connectivity index (χ4n) is 3.17. The van der Waals surface area contributed by atoms with Crippen LogP contribution < -0.4 is 0 Å². The molecule has 0 spiro atoms. The Balaban J connectivity index is 1.80. The van der Waals surface area contributed by atoms with E-state index in [4.69, 9.17) is 4.74 Å². The minimum absolute atomic E-state index is 0.115. The van der Waals surface area contributed by atoms with Crippen LogP contribution >= 0.6 is 0 Å². The van der Waals surface area contributed by atoms with E-state index in [0.29, 0.717) is 28.4 Å². The lowest BCUT2D eigenvalue weighted by molar-refractivity contribution is -0.139. The summed E-state index contributed by atoms with van der Waals surface area (Å²) in [7, 11) is 1.29. The molecule has 0 radical (unpaired) electrons. The lowest BCUT2D eigenvalue weighted by Crippen LogP contribution is -2.06. The van der Waals surface area contributed by atoms with Gasteiger partial charge in [0, 0.05) is 5.56 Å². The van der Waals surface area contributed by atoms with Crippen LogP contribution in [0.1, 0.15) is 5.69 Å². The summed E-state index contributed by atoms with van der Waals surface area (Å²) < 4.78 is 21.6.